The van der Waals surface area contributed by atoms with Crippen LogP contribution in [0.1, 0.15) is 226 Å². The van der Waals surface area contributed by atoms with E-state index in [0.717, 1.165) is 38.5 Å². The number of amides is 1. The van der Waals surface area contributed by atoms with E-state index in [1.165, 1.54) is 167 Å². The molecule has 3 unspecified atom stereocenters. The van der Waals surface area contributed by atoms with E-state index in [0.29, 0.717) is 17.4 Å². The van der Waals surface area contributed by atoms with Gasteiger partial charge in [0.05, 0.1) is 39.9 Å². The molecule has 0 heterocycles. The molecule has 0 saturated heterocycles. The molecule has 9 heteroatoms. The standard InChI is InChI=1S/C52H99N2O6P/c1-6-8-10-12-14-16-18-20-22-24-26-28-29-31-33-35-37-39-41-43-45-51(55)50(49-60-61(57,58)59-48-47-54(3,4)5)53-52(56)46-44-42-40-38-36-34-32-30-27-25-23-21-19-17-15-13-11-9-7-2/h15,17,19,21,35,37,43,45,50-51,55H,6-14,16,18,20,22-34,36,38-42,44,46-49H2,1-5H3,(H-,53,56,57,58)/p+1/b17-15-,21-19-,37-35+,45-43+. The third-order valence-electron chi connectivity index (χ3n) is 11.3. The maximum Gasteiger partial charge on any atom is 0.472 e. The van der Waals surface area contributed by atoms with Crippen LogP contribution >= 0.6 is 7.82 Å². The van der Waals surface area contributed by atoms with Crippen molar-refractivity contribution in [3.63, 3.8) is 0 Å². The average molecular weight is 880 g/mol. The first-order valence-electron chi connectivity index (χ1n) is 25.5. The van der Waals surface area contributed by atoms with Crippen molar-refractivity contribution in [1.82, 2.24) is 5.32 Å². The molecule has 0 saturated carbocycles. The van der Waals surface area contributed by atoms with Gasteiger partial charge in [-0.15, -0.1) is 0 Å². The maximum absolute atomic E-state index is 12.9. The van der Waals surface area contributed by atoms with E-state index >= 15 is 0 Å². The fourth-order valence-corrected chi connectivity index (χ4v) is 7.96. The minimum absolute atomic E-state index is 0.0546. The number of phosphoric ester groups is 1. The van der Waals surface area contributed by atoms with E-state index in [1.807, 2.05) is 27.2 Å². The summed E-state index contributed by atoms with van der Waals surface area (Å²) in [5, 5.41) is 13.9. The molecular formula is C52H100N2O6P+. The van der Waals surface area contributed by atoms with Crippen molar-refractivity contribution in [3.8, 4) is 0 Å². The van der Waals surface area contributed by atoms with Crippen LogP contribution in [-0.2, 0) is 18.4 Å². The van der Waals surface area contributed by atoms with Crippen molar-refractivity contribution in [1.29, 1.82) is 0 Å². The van der Waals surface area contributed by atoms with E-state index in [2.05, 4.69) is 55.6 Å². The van der Waals surface area contributed by atoms with Crippen molar-refractivity contribution in [3.05, 3.63) is 48.6 Å². The number of hydrogen-bond donors (Lipinski definition) is 3. The molecule has 0 aromatic heterocycles. The van der Waals surface area contributed by atoms with Crippen molar-refractivity contribution in [2.75, 3.05) is 40.9 Å². The Morgan fingerprint density at radius 3 is 1.44 bits per heavy atom. The Kier molecular flexibility index (Phi) is 42.6. The second-order valence-corrected chi connectivity index (χ2v) is 20.0. The van der Waals surface area contributed by atoms with Crippen molar-refractivity contribution in [2.45, 2.75) is 238 Å². The molecule has 3 N–H and O–H groups in total. The fraction of sp³-hybridized carbons (Fsp3) is 0.827. The summed E-state index contributed by atoms with van der Waals surface area (Å²) >= 11 is 0. The van der Waals surface area contributed by atoms with E-state index < -0.39 is 20.0 Å². The van der Waals surface area contributed by atoms with Crippen LogP contribution in [0.4, 0.5) is 0 Å². The third kappa shape index (κ3) is 46.3. The highest BCUT2D eigenvalue weighted by atomic mass is 31.2. The van der Waals surface area contributed by atoms with Crippen molar-refractivity contribution in [2.24, 2.45) is 0 Å². The lowest BCUT2D eigenvalue weighted by atomic mass is 10.0. The number of carbonyl (C=O) groups is 1. The zero-order chi connectivity index (χ0) is 45.0. The first kappa shape index (κ1) is 59.5. The fourth-order valence-electron chi connectivity index (χ4n) is 7.22. The second-order valence-electron chi connectivity index (χ2n) is 18.6. The molecule has 0 aliphatic heterocycles. The molecule has 0 bridgehead atoms. The maximum atomic E-state index is 12.9. The van der Waals surface area contributed by atoms with Crippen LogP contribution in [0, 0.1) is 0 Å². The number of nitrogens with zero attached hydrogens (tertiary/aromatic N) is 1. The second kappa shape index (κ2) is 43.7. The summed E-state index contributed by atoms with van der Waals surface area (Å²) < 4.78 is 23.6. The van der Waals surface area contributed by atoms with Gasteiger partial charge in [0.1, 0.15) is 13.2 Å². The Balaban J connectivity index is 4.37. The zero-order valence-corrected chi connectivity index (χ0v) is 41.5. The van der Waals surface area contributed by atoms with Crippen LogP contribution in [0.15, 0.2) is 48.6 Å². The van der Waals surface area contributed by atoms with E-state index in [4.69, 9.17) is 9.05 Å². The van der Waals surface area contributed by atoms with Crippen LogP contribution in [0.25, 0.3) is 0 Å². The zero-order valence-electron chi connectivity index (χ0n) is 40.7. The molecule has 61 heavy (non-hydrogen) atoms. The molecule has 1 amide bonds. The molecule has 0 rings (SSSR count). The highest BCUT2D eigenvalue weighted by Gasteiger charge is 2.27. The van der Waals surface area contributed by atoms with Gasteiger partial charge < -0.3 is 19.8 Å². The van der Waals surface area contributed by atoms with E-state index in [9.17, 15) is 19.4 Å². The van der Waals surface area contributed by atoms with Gasteiger partial charge in [0.15, 0.2) is 0 Å². The Morgan fingerprint density at radius 1 is 0.557 bits per heavy atom. The van der Waals surface area contributed by atoms with Crippen LogP contribution in [-0.4, -0.2) is 73.4 Å². The minimum atomic E-state index is -4.35. The molecule has 0 aromatic rings. The summed E-state index contributed by atoms with van der Waals surface area (Å²) in [6, 6.07) is -0.865. The summed E-state index contributed by atoms with van der Waals surface area (Å²) in [5.74, 6) is -0.191. The normalized spacial score (nSPS) is 14.5. The number of aliphatic hydroxyl groups is 1. The summed E-state index contributed by atoms with van der Waals surface area (Å²) in [5.41, 5.74) is 0. The van der Waals surface area contributed by atoms with Gasteiger partial charge in [0.2, 0.25) is 5.91 Å². The largest absolute Gasteiger partial charge is 0.472 e. The summed E-state index contributed by atoms with van der Waals surface area (Å²) in [7, 11) is 1.55. The van der Waals surface area contributed by atoms with E-state index in [1.54, 1.807) is 6.08 Å². The van der Waals surface area contributed by atoms with Crippen molar-refractivity contribution >= 4 is 13.7 Å². The number of carbonyl (C=O) groups excluding carboxylic acids is 1. The van der Waals surface area contributed by atoms with Gasteiger partial charge in [-0.05, 0) is 57.8 Å². The van der Waals surface area contributed by atoms with E-state index in [-0.39, 0.29) is 19.1 Å². The number of allylic oxidation sites excluding steroid dienone is 7. The van der Waals surface area contributed by atoms with Gasteiger partial charge in [0.25, 0.3) is 0 Å². The highest BCUT2D eigenvalue weighted by molar-refractivity contribution is 7.47. The lowest BCUT2D eigenvalue weighted by Crippen LogP contribution is -2.45. The molecular weight excluding hydrogens is 780 g/mol. The topological polar surface area (TPSA) is 105 Å². The predicted octanol–water partition coefficient (Wildman–Crippen LogP) is 14.8. The Labute approximate surface area is 378 Å². The number of quaternary nitrogens is 1. The first-order valence-corrected chi connectivity index (χ1v) is 27.0. The van der Waals surface area contributed by atoms with Crippen LogP contribution in [0.3, 0.4) is 0 Å². The van der Waals surface area contributed by atoms with Crippen molar-refractivity contribution < 1.29 is 32.9 Å². The number of rotatable bonds is 46. The average Bonchev–Trinajstić information content (AvgIpc) is 3.21. The number of likely N-dealkylation sites (N-methyl/N-ethyl adjacent to an activating group) is 1. The van der Waals surface area contributed by atoms with Gasteiger partial charge in [-0.3, -0.25) is 13.8 Å². The van der Waals surface area contributed by atoms with Gasteiger partial charge in [-0.25, -0.2) is 4.57 Å². The number of unbranched alkanes of at least 4 members (excludes halogenated alkanes) is 28. The Hall–Kier alpha value is -1.54. The molecule has 0 aliphatic carbocycles. The molecule has 8 nitrogen and oxygen atoms in total. The highest BCUT2D eigenvalue weighted by Crippen LogP contribution is 2.43. The van der Waals surface area contributed by atoms with Crippen LogP contribution < -0.4 is 5.32 Å². The molecule has 0 fully saturated rings. The third-order valence-corrected chi connectivity index (χ3v) is 12.3. The van der Waals surface area contributed by atoms with Gasteiger partial charge in [-0.2, -0.15) is 0 Å². The Morgan fingerprint density at radius 2 is 0.951 bits per heavy atom. The quantitative estimate of drug-likeness (QED) is 0.0185. The number of aliphatic hydroxyl groups excluding tert-OH is 1. The number of phosphoric acid groups is 1. The summed E-state index contributed by atoms with van der Waals surface area (Å²) in [6.45, 7) is 4.77. The number of nitrogens with one attached hydrogen (secondary N) is 1. The smallest absolute Gasteiger partial charge is 0.387 e. The molecule has 0 aliphatic rings. The summed E-state index contributed by atoms with van der Waals surface area (Å²) in [4.78, 5) is 23.2. The molecule has 0 radical (unpaired) electrons. The lowest BCUT2D eigenvalue weighted by Gasteiger charge is -2.25. The van der Waals surface area contributed by atoms with Gasteiger partial charge in [0, 0.05) is 6.42 Å². The van der Waals surface area contributed by atoms with Gasteiger partial charge in [-0.1, -0.05) is 210 Å². The van der Waals surface area contributed by atoms with Crippen LogP contribution in [0.2, 0.25) is 0 Å². The monoisotopic (exact) mass is 880 g/mol. The minimum Gasteiger partial charge on any atom is -0.387 e. The SMILES string of the molecule is CCCCC/C=C\C=C/CCCCCCCCCCCCC(=O)NC(COP(=O)(O)OCC[N+](C)(C)C)C(O)/C=C/CC/C=C/CCCCCCCCCCCCCCCC. The van der Waals surface area contributed by atoms with Gasteiger partial charge >= 0.3 is 7.82 Å². The number of hydrogen-bond acceptors (Lipinski definition) is 5. The lowest BCUT2D eigenvalue weighted by molar-refractivity contribution is -0.870. The first-order chi connectivity index (χ1) is 29.5. The summed E-state index contributed by atoms with van der Waals surface area (Å²) in [6.07, 6.45) is 56.2. The molecule has 0 aromatic carbocycles. The predicted molar refractivity (Wildman–Crippen MR) is 263 cm³/mol. The van der Waals surface area contributed by atoms with Crippen LogP contribution in [0.5, 0.6) is 0 Å². The molecule has 3 atom stereocenters. The molecule has 0 spiro atoms. The molecule has 358 valence electrons. The Bertz CT molecular complexity index is 1130.